The molecule has 0 aliphatic heterocycles. The molecule has 22 heavy (non-hydrogen) atoms. The van der Waals surface area contributed by atoms with E-state index in [2.05, 4.69) is 57.2 Å². The van der Waals surface area contributed by atoms with E-state index in [1.165, 1.54) is 49.7 Å². The van der Waals surface area contributed by atoms with E-state index in [1.807, 2.05) is 0 Å². The molecule has 0 N–H and O–H groups in total. The van der Waals surface area contributed by atoms with Gasteiger partial charge in [-0.15, -0.1) is 18.7 Å². The third-order valence-electron chi connectivity index (χ3n) is 3.13. The Kier molecular flexibility index (Phi) is 21.3. The van der Waals surface area contributed by atoms with E-state index in [-0.39, 0.29) is 26.2 Å². The van der Waals surface area contributed by atoms with Crippen molar-refractivity contribution in [1.82, 2.24) is 0 Å². The molecule has 0 fully saturated rings. The number of rotatable bonds is 6. The molecule has 0 aromatic carbocycles. The van der Waals surface area contributed by atoms with E-state index >= 15 is 0 Å². The van der Waals surface area contributed by atoms with Gasteiger partial charge in [0.05, 0.1) is 0 Å². The molecule has 0 bridgehead atoms. The van der Waals surface area contributed by atoms with Gasteiger partial charge in [0.15, 0.2) is 0 Å². The zero-order valence-corrected chi connectivity index (χ0v) is 17.5. The average Bonchev–Trinajstić information content (AvgIpc) is 3.18. The number of hydrogen-bond acceptors (Lipinski definition) is 0. The number of halogens is 1. The van der Waals surface area contributed by atoms with E-state index in [4.69, 9.17) is 11.6 Å². The number of hydrogen-bond donors (Lipinski definition) is 0. The summed E-state index contributed by atoms with van der Waals surface area (Å²) >= 11 is 4.89. The quantitative estimate of drug-likeness (QED) is 0.342. The van der Waals surface area contributed by atoms with Crippen LogP contribution in [-0.2, 0) is 26.2 Å². The summed E-state index contributed by atoms with van der Waals surface area (Å²) in [4.78, 5) is 0. The molecule has 2 aliphatic carbocycles. The molecular weight excluding hydrogens is 367 g/mol. The van der Waals surface area contributed by atoms with Gasteiger partial charge in [-0.2, -0.15) is 23.8 Å². The molecule has 1 radical (unpaired) electrons. The average molecular weight is 397 g/mol. The van der Waals surface area contributed by atoms with Crippen molar-refractivity contribution in [2.75, 3.05) is 5.88 Å². The number of unbranched alkanes of at least 4 members (excludes halogenated alkanes) is 2. The van der Waals surface area contributed by atoms with Crippen molar-refractivity contribution < 1.29 is 26.2 Å². The molecule has 0 aromatic rings. The molecule has 0 nitrogen and oxygen atoms in total. The van der Waals surface area contributed by atoms with Crippen LogP contribution in [0.5, 0.6) is 0 Å². The second-order valence-corrected chi connectivity index (χ2v) is 5.39. The first-order valence-electron chi connectivity index (χ1n) is 8.16. The molecule has 0 aromatic heterocycles. The zero-order valence-electron chi connectivity index (χ0n) is 14.3. The van der Waals surface area contributed by atoms with Crippen LogP contribution in [0.25, 0.3) is 0 Å². The minimum absolute atomic E-state index is 0. The normalized spacial score (nSPS) is 14.2. The van der Waals surface area contributed by atoms with Crippen LogP contribution in [0.4, 0.5) is 0 Å². The SMILES string of the molecule is CCCCC1=[C-]CC=C1.CCCCC1=[C-]CC=C1.[CH2-]CCl.[Zr+3]. The van der Waals surface area contributed by atoms with Crippen molar-refractivity contribution in [2.24, 2.45) is 0 Å². The monoisotopic (exact) mass is 395 g/mol. The van der Waals surface area contributed by atoms with Gasteiger partial charge in [0, 0.05) is 0 Å². The summed E-state index contributed by atoms with van der Waals surface area (Å²) in [6.45, 7) is 7.69. The number of allylic oxidation sites excluding steroid dienone is 8. The fourth-order valence-corrected chi connectivity index (χ4v) is 1.98. The maximum absolute atomic E-state index is 4.89. The zero-order chi connectivity index (χ0) is 15.8. The van der Waals surface area contributed by atoms with Gasteiger partial charge in [-0.25, -0.2) is 23.3 Å². The van der Waals surface area contributed by atoms with E-state index in [9.17, 15) is 0 Å². The van der Waals surface area contributed by atoms with Crippen molar-refractivity contribution in [3.8, 4) is 0 Å². The third-order valence-corrected chi connectivity index (χ3v) is 3.13. The summed E-state index contributed by atoms with van der Waals surface area (Å²) in [5.74, 6) is 0.472. The summed E-state index contributed by atoms with van der Waals surface area (Å²) in [6.07, 6.45) is 25.1. The first kappa shape index (κ1) is 24.4. The fourth-order valence-electron chi connectivity index (χ4n) is 1.98. The Labute approximate surface area is 162 Å². The van der Waals surface area contributed by atoms with Crippen LogP contribution >= 0.6 is 11.6 Å². The Morgan fingerprint density at radius 3 is 1.55 bits per heavy atom. The second-order valence-electron chi connectivity index (χ2n) is 5.01. The maximum atomic E-state index is 4.89. The Bertz CT molecular complexity index is 317. The minimum Gasteiger partial charge on any atom is -0.329 e. The van der Waals surface area contributed by atoms with Gasteiger partial charge < -0.3 is 6.92 Å². The molecule has 0 atom stereocenters. The van der Waals surface area contributed by atoms with Crippen molar-refractivity contribution in [3.05, 3.63) is 54.5 Å². The van der Waals surface area contributed by atoms with Crippen molar-refractivity contribution in [1.29, 1.82) is 0 Å². The summed E-state index contributed by atoms with van der Waals surface area (Å²) in [5, 5.41) is 0. The molecule has 2 heteroatoms. The molecular formula is C20H30ClZr. The largest absolute Gasteiger partial charge is 3.00 e. The van der Waals surface area contributed by atoms with E-state index in [0.717, 1.165) is 12.8 Å². The van der Waals surface area contributed by atoms with Crippen molar-refractivity contribution in [3.63, 3.8) is 0 Å². The number of alkyl halides is 1. The summed E-state index contributed by atoms with van der Waals surface area (Å²) in [5.41, 5.74) is 2.83. The van der Waals surface area contributed by atoms with Crippen LogP contribution in [0.2, 0.25) is 0 Å². The minimum atomic E-state index is 0. The molecule has 0 spiro atoms. The van der Waals surface area contributed by atoms with Gasteiger partial charge in [-0.05, 0) is 0 Å². The van der Waals surface area contributed by atoms with Crippen LogP contribution in [0, 0.1) is 19.1 Å². The van der Waals surface area contributed by atoms with Gasteiger partial charge in [-0.1, -0.05) is 52.4 Å². The topological polar surface area (TPSA) is 0 Å². The summed E-state index contributed by atoms with van der Waals surface area (Å²) in [6, 6.07) is 0. The van der Waals surface area contributed by atoms with Crippen molar-refractivity contribution in [2.45, 2.75) is 65.2 Å². The van der Waals surface area contributed by atoms with Gasteiger partial charge >= 0.3 is 26.2 Å². The van der Waals surface area contributed by atoms with Gasteiger partial charge in [0.2, 0.25) is 0 Å². The maximum Gasteiger partial charge on any atom is 3.00 e. The Balaban J connectivity index is 0. The van der Waals surface area contributed by atoms with E-state index < -0.39 is 0 Å². The van der Waals surface area contributed by atoms with E-state index in [0.29, 0.717) is 5.88 Å². The molecule has 2 rings (SSSR count). The van der Waals surface area contributed by atoms with Gasteiger partial charge in [-0.3, -0.25) is 12.2 Å². The third kappa shape index (κ3) is 15.0. The molecule has 0 saturated carbocycles. The van der Waals surface area contributed by atoms with Crippen LogP contribution < -0.4 is 0 Å². The van der Waals surface area contributed by atoms with Gasteiger partial charge in [0.25, 0.3) is 0 Å². The van der Waals surface area contributed by atoms with Crippen LogP contribution in [0.1, 0.15) is 65.2 Å². The van der Waals surface area contributed by atoms with Crippen LogP contribution in [0.15, 0.2) is 35.5 Å². The smallest absolute Gasteiger partial charge is 0.329 e. The molecule has 0 unspecified atom stereocenters. The Hall–Kier alpha value is 0.133. The van der Waals surface area contributed by atoms with Crippen molar-refractivity contribution >= 4 is 11.6 Å². The first-order chi connectivity index (χ1) is 10.3. The Morgan fingerprint density at radius 2 is 1.32 bits per heavy atom. The predicted octanol–water partition coefficient (Wildman–Crippen LogP) is 6.79. The Morgan fingerprint density at radius 1 is 0.955 bits per heavy atom. The van der Waals surface area contributed by atoms with Crippen LogP contribution in [-0.4, -0.2) is 5.88 Å². The molecule has 0 amide bonds. The predicted molar refractivity (Wildman–Crippen MR) is 96.2 cm³/mol. The van der Waals surface area contributed by atoms with Crippen LogP contribution in [0.3, 0.4) is 0 Å². The first-order valence-corrected chi connectivity index (χ1v) is 8.69. The standard InChI is InChI=1S/2C9H13.C2H4Cl.Zr/c2*1-2-3-6-9-7-4-5-8-9;1-2-3;/h2*4,7H,2-3,5-6H2,1H3;1-2H2;/q3*-1;+3. The second kappa shape index (κ2) is 19.2. The molecule has 0 saturated heterocycles. The van der Waals surface area contributed by atoms with Gasteiger partial charge in [0.1, 0.15) is 0 Å². The summed E-state index contributed by atoms with van der Waals surface area (Å²) < 4.78 is 0. The molecule has 121 valence electrons. The summed E-state index contributed by atoms with van der Waals surface area (Å²) in [7, 11) is 0. The van der Waals surface area contributed by atoms with E-state index in [1.54, 1.807) is 0 Å². The fraction of sp³-hybridized carbons (Fsp3) is 0.550. The molecule has 2 aliphatic rings. The molecule has 0 heterocycles.